The lowest BCUT2D eigenvalue weighted by Crippen LogP contribution is -2.53. The molecule has 9 nitrogen and oxygen atoms in total. The van der Waals surface area contributed by atoms with Crippen molar-refractivity contribution in [1.29, 1.82) is 0 Å². The number of nitrogens with one attached hydrogen (secondary N) is 2. The number of amides is 2. The molecule has 1 aromatic heterocycles. The lowest BCUT2D eigenvalue weighted by atomic mass is 9.75. The molecule has 226 valence electrons. The molecule has 2 amide bonds. The van der Waals surface area contributed by atoms with Gasteiger partial charge in [0.05, 0.1) is 5.02 Å². The van der Waals surface area contributed by atoms with Gasteiger partial charge < -0.3 is 10.2 Å². The van der Waals surface area contributed by atoms with Gasteiger partial charge in [-0.3, -0.25) is 14.5 Å². The highest BCUT2D eigenvalue weighted by atomic mass is 35.5. The van der Waals surface area contributed by atoms with Gasteiger partial charge in [0.2, 0.25) is 17.6 Å². The first kappa shape index (κ1) is 28.9. The number of hydrogen-bond acceptors (Lipinski definition) is 6. The molecule has 1 saturated heterocycles. The number of carbonyl (C=O) groups is 2. The molecule has 2 aliphatic heterocycles. The van der Waals surface area contributed by atoms with Crippen molar-refractivity contribution in [2.24, 2.45) is 5.92 Å². The highest BCUT2D eigenvalue weighted by Crippen LogP contribution is 2.59. The van der Waals surface area contributed by atoms with Gasteiger partial charge in [0.25, 0.3) is 0 Å². The molecule has 0 unspecified atom stereocenters. The molecule has 3 aliphatic rings. The highest BCUT2D eigenvalue weighted by Gasteiger charge is 2.63. The molecule has 3 atom stereocenters. The number of aromatic amines is 1. The first-order valence-corrected chi connectivity index (χ1v) is 15.5. The SMILES string of the molecule is CC(=O)N(CC[C@H]1C[C@H](c2cccc(Cl)c2F)[C@]2(C(=O)Nc3cc(Cl)ccc32)N1CC1CC1)c1ccc(-c2nn[nH]n2)cc1. The van der Waals surface area contributed by atoms with Crippen LogP contribution in [-0.2, 0) is 15.1 Å². The van der Waals surface area contributed by atoms with E-state index in [-0.39, 0.29) is 22.9 Å². The van der Waals surface area contributed by atoms with E-state index in [2.05, 4.69) is 30.8 Å². The van der Waals surface area contributed by atoms with Gasteiger partial charge in [0.15, 0.2) is 0 Å². The Hall–Kier alpha value is -3.86. The number of nitrogens with zero attached hydrogens (tertiary/aromatic N) is 5. The molecular formula is C32H30Cl2FN7O2. The van der Waals surface area contributed by atoms with Crippen LogP contribution in [0.15, 0.2) is 60.7 Å². The molecule has 3 heterocycles. The number of aromatic nitrogens is 4. The third-order valence-electron chi connectivity index (χ3n) is 9.25. The van der Waals surface area contributed by atoms with Crippen LogP contribution in [0.1, 0.15) is 49.7 Å². The van der Waals surface area contributed by atoms with Gasteiger partial charge in [0.1, 0.15) is 11.4 Å². The monoisotopic (exact) mass is 633 g/mol. The van der Waals surface area contributed by atoms with Crippen LogP contribution in [0.25, 0.3) is 11.4 Å². The van der Waals surface area contributed by atoms with E-state index in [9.17, 15) is 9.59 Å². The van der Waals surface area contributed by atoms with Crippen LogP contribution in [-0.4, -0.2) is 56.5 Å². The van der Waals surface area contributed by atoms with Crippen LogP contribution in [0.2, 0.25) is 10.0 Å². The molecule has 3 aromatic carbocycles. The summed E-state index contributed by atoms with van der Waals surface area (Å²) in [5, 5.41) is 17.7. The highest BCUT2D eigenvalue weighted by molar-refractivity contribution is 6.31. The second-order valence-corrected chi connectivity index (χ2v) is 12.7. The summed E-state index contributed by atoms with van der Waals surface area (Å²) in [5.74, 6) is -0.394. The summed E-state index contributed by atoms with van der Waals surface area (Å²) in [6.45, 7) is 2.65. The van der Waals surface area contributed by atoms with E-state index in [0.717, 1.165) is 29.7 Å². The van der Waals surface area contributed by atoms with Crippen LogP contribution in [0.3, 0.4) is 0 Å². The van der Waals surface area contributed by atoms with E-state index in [1.165, 1.54) is 6.07 Å². The Bertz CT molecular complexity index is 1730. The molecule has 1 aliphatic carbocycles. The molecule has 4 aromatic rings. The van der Waals surface area contributed by atoms with Gasteiger partial charge in [-0.15, -0.1) is 10.2 Å². The van der Waals surface area contributed by atoms with Gasteiger partial charge in [-0.25, -0.2) is 4.39 Å². The number of H-pyrrole nitrogens is 1. The summed E-state index contributed by atoms with van der Waals surface area (Å²) in [4.78, 5) is 31.2. The van der Waals surface area contributed by atoms with Crippen LogP contribution in [0.5, 0.6) is 0 Å². The summed E-state index contributed by atoms with van der Waals surface area (Å²) in [7, 11) is 0. The van der Waals surface area contributed by atoms with E-state index in [1.807, 2.05) is 30.3 Å². The summed E-state index contributed by atoms with van der Waals surface area (Å²) >= 11 is 12.6. The lowest BCUT2D eigenvalue weighted by molar-refractivity contribution is -0.128. The van der Waals surface area contributed by atoms with Gasteiger partial charge in [0, 0.05) is 59.5 Å². The summed E-state index contributed by atoms with van der Waals surface area (Å²) in [5.41, 5.74) is 2.22. The van der Waals surface area contributed by atoms with Crippen molar-refractivity contribution >= 4 is 46.4 Å². The van der Waals surface area contributed by atoms with Crippen molar-refractivity contribution in [1.82, 2.24) is 25.5 Å². The first-order chi connectivity index (χ1) is 21.3. The van der Waals surface area contributed by atoms with Crippen molar-refractivity contribution < 1.29 is 14.0 Å². The zero-order chi connectivity index (χ0) is 30.6. The topological polar surface area (TPSA) is 107 Å². The standard InChI is InChI=1S/C32H30Cl2FN7O2/c1-18(43)41(22-10-7-20(8-11-22)30-37-39-40-38-30)14-13-23-16-26(24-3-2-4-27(34)29(24)35)32(42(23)17-19-5-6-19)25-12-9-21(33)15-28(25)36-31(32)44/h2-4,7-12,15,19,23,26H,5-6,13-14,16-17H2,1H3,(H,36,44)(H,37,38,39,40)/t23-,26+,32+/m0/s1. The summed E-state index contributed by atoms with van der Waals surface area (Å²) < 4.78 is 15.8. The third kappa shape index (κ3) is 4.85. The van der Waals surface area contributed by atoms with Gasteiger partial charge in [-0.05, 0) is 84.8 Å². The number of hydrogen-bond donors (Lipinski definition) is 2. The predicted octanol–water partition coefficient (Wildman–Crippen LogP) is 6.17. The number of rotatable bonds is 8. The lowest BCUT2D eigenvalue weighted by Gasteiger charge is -2.40. The number of tetrazole rings is 1. The van der Waals surface area contributed by atoms with Crippen LogP contribution in [0, 0.1) is 11.7 Å². The van der Waals surface area contributed by atoms with Gasteiger partial charge in [-0.1, -0.05) is 41.4 Å². The maximum absolute atomic E-state index is 15.8. The third-order valence-corrected chi connectivity index (χ3v) is 9.78. The molecular weight excluding hydrogens is 604 g/mol. The van der Waals surface area contributed by atoms with E-state index >= 15 is 4.39 Å². The zero-order valence-corrected chi connectivity index (χ0v) is 25.4. The summed E-state index contributed by atoms with van der Waals surface area (Å²) in [6, 6.07) is 17.7. The molecule has 1 spiro atoms. The molecule has 12 heteroatoms. The largest absolute Gasteiger partial charge is 0.324 e. The molecule has 2 N–H and O–H groups in total. The fraction of sp³-hybridized carbons (Fsp3) is 0.344. The Morgan fingerprint density at radius 1 is 1.14 bits per heavy atom. The number of fused-ring (bicyclic) bond motifs is 2. The number of benzene rings is 3. The Labute approximate surface area is 263 Å². The number of carbonyl (C=O) groups excluding carboxylic acids is 2. The fourth-order valence-corrected chi connectivity index (χ4v) is 7.44. The van der Waals surface area contributed by atoms with Crippen molar-refractivity contribution in [3.05, 3.63) is 87.7 Å². The Morgan fingerprint density at radius 2 is 1.93 bits per heavy atom. The molecule has 7 rings (SSSR count). The van der Waals surface area contributed by atoms with E-state index in [1.54, 1.807) is 36.1 Å². The minimum atomic E-state index is -1.15. The van der Waals surface area contributed by atoms with Crippen LogP contribution < -0.4 is 10.2 Å². The molecule has 0 radical (unpaired) electrons. The quantitative estimate of drug-likeness (QED) is 0.240. The second kappa shape index (κ2) is 11.3. The average Bonchev–Trinajstić information content (AvgIpc) is 3.42. The van der Waals surface area contributed by atoms with Crippen molar-refractivity contribution in [2.75, 3.05) is 23.3 Å². The van der Waals surface area contributed by atoms with Crippen molar-refractivity contribution in [3.63, 3.8) is 0 Å². The zero-order valence-electron chi connectivity index (χ0n) is 23.9. The van der Waals surface area contributed by atoms with Gasteiger partial charge >= 0.3 is 0 Å². The molecule has 1 saturated carbocycles. The van der Waals surface area contributed by atoms with E-state index < -0.39 is 17.3 Å². The minimum absolute atomic E-state index is 0.0246. The predicted molar refractivity (Wildman–Crippen MR) is 166 cm³/mol. The number of halogens is 3. The molecule has 0 bridgehead atoms. The first-order valence-electron chi connectivity index (χ1n) is 14.7. The normalized spacial score (nSPS) is 22.8. The van der Waals surface area contributed by atoms with E-state index in [0.29, 0.717) is 53.9 Å². The maximum atomic E-state index is 15.8. The smallest absolute Gasteiger partial charge is 0.250 e. The number of likely N-dealkylation sites (tertiary alicyclic amines) is 1. The number of anilines is 2. The second-order valence-electron chi connectivity index (χ2n) is 11.8. The minimum Gasteiger partial charge on any atom is -0.324 e. The van der Waals surface area contributed by atoms with Crippen molar-refractivity contribution in [3.8, 4) is 11.4 Å². The summed E-state index contributed by atoms with van der Waals surface area (Å²) in [6.07, 6.45) is 3.26. The van der Waals surface area contributed by atoms with E-state index in [4.69, 9.17) is 23.2 Å². The van der Waals surface area contributed by atoms with Crippen molar-refractivity contribution in [2.45, 2.75) is 50.1 Å². The Kier molecular flexibility index (Phi) is 7.39. The van der Waals surface area contributed by atoms with Crippen LogP contribution in [0.4, 0.5) is 15.8 Å². The maximum Gasteiger partial charge on any atom is 0.250 e. The average molecular weight is 635 g/mol. The Morgan fingerprint density at radius 3 is 2.64 bits per heavy atom. The molecule has 2 fully saturated rings. The van der Waals surface area contributed by atoms with Crippen LogP contribution >= 0.6 is 23.2 Å². The molecule has 44 heavy (non-hydrogen) atoms. The Balaban J connectivity index is 1.26. The van der Waals surface area contributed by atoms with Gasteiger partial charge in [-0.2, -0.15) is 5.21 Å². The fourth-order valence-electron chi connectivity index (χ4n) is 7.09.